The molecule has 0 nitrogen and oxygen atoms in total. The van der Waals surface area contributed by atoms with E-state index in [1.54, 1.807) is 0 Å². The summed E-state index contributed by atoms with van der Waals surface area (Å²) in [5, 5.41) is 0. The maximum atomic E-state index is 2.38. The zero-order valence-corrected chi connectivity index (χ0v) is 16.4. The van der Waals surface area contributed by atoms with Gasteiger partial charge in [0, 0.05) is 0 Å². The van der Waals surface area contributed by atoms with Crippen molar-refractivity contribution in [1.29, 1.82) is 0 Å². The summed E-state index contributed by atoms with van der Waals surface area (Å²) < 4.78 is 0. The topological polar surface area (TPSA) is 0 Å². The molecule has 0 spiro atoms. The van der Waals surface area contributed by atoms with Crippen molar-refractivity contribution in [1.82, 2.24) is 0 Å². The molecule has 3 aromatic carbocycles. The molecular weight excluding hydrogens is 312 g/mol. The van der Waals surface area contributed by atoms with E-state index in [0.717, 1.165) is 6.42 Å². The minimum Gasteiger partial charge on any atom is -0.0683 e. The number of aryl methyl sites for hydroxylation is 4. The zero-order chi connectivity index (χ0) is 18.4. The lowest BCUT2D eigenvalue weighted by Gasteiger charge is -2.15. The van der Waals surface area contributed by atoms with Gasteiger partial charge in [0.2, 0.25) is 0 Å². The van der Waals surface area contributed by atoms with Crippen LogP contribution in [-0.4, -0.2) is 0 Å². The van der Waals surface area contributed by atoms with E-state index in [-0.39, 0.29) is 0 Å². The average molecular weight is 338 g/mol. The predicted molar refractivity (Wildman–Crippen MR) is 114 cm³/mol. The first-order chi connectivity index (χ1) is 12.4. The molecule has 0 fully saturated rings. The number of benzene rings is 3. The van der Waals surface area contributed by atoms with Crippen molar-refractivity contribution < 1.29 is 0 Å². The van der Waals surface area contributed by atoms with Crippen molar-refractivity contribution >= 4 is 6.08 Å². The maximum Gasteiger partial charge on any atom is -0.00542 e. The van der Waals surface area contributed by atoms with E-state index in [1.165, 1.54) is 61.2 Å². The molecule has 4 rings (SSSR count). The molecule has 0 heterocycles. The smallest absolute Gasteiger partial charge is 0.00542 e. The second-order valence-electron chi connectivity index (χ2n) is 7.97. The van der Waals surface area contributed by atoms with Gasteiger partial charge in [0.25, 0.3) is 0 Å². The van der Waals surface area contributed by atoms with Crippen molar-refractivity contribution in [2.24, 2.45) is 0 Å². The molecule has 0 atom stereocenters. The van der Waals surface area contributed by atoms with Crippen molar-refractivity contribution in [2.45, 2.75) is 41.0 Å². The van der Waals surface area contributed by atoms with E-state index in [0.29, 0.717) is 0 Å². The summed E-state index contributed by atoms with van der Waals surface area (Å²) in [6.07, 6.45) is 3.44. The van der Waals surface area contributed by atoms with Crippen LogP contribution in [0.1, 0.15) is 40.3 Å². The van der Waals surface area contributed by atoms with Crippen LogP contribution in [-0.2, 0) is 6.42 Å². The third kappa shape index (κ3) is 3.01. The van der Waals surface area contributed by atoms with E-state index in [4.69, 9.17) is 0 Å². The summed E-state index contributed by atoms with van der Waals surface area (Å²) in [6.45, 7) is 11.0. The lowest BCUT2D eigenvalue weighted by atomic mass is 9.88. The Morgan fingerprint density at radius 3 is 1.58 bits per heavy atom. The van der Waals surface area contributed by atoms with Crippen molar-refractivity contribution in [3.05, 3.63) is 87.5 Å². The molecule has 130 valence electrons. The largest absolute Gasteiger partial charge is 0.0683 e. The Hall–Kier alpha value is -2.60. The van der Waals surface area contributed by atoms with Crippen molar-refractivity contribution in [3.8, 4) is 22.3 Å². The minimum atomic E-state index is 1.05. The molecule has 0 unspecified atom stereocenters. The number of hydrogen-bond acceptors (Lipinski definition) is 0. The zero-order valence-electron chi connectivity index (χ0n) is 16.4. The summed E-state index contributed by atoms with van der Waals surface area (Å²) in [5.41, 5.74) is 15.0. The van der Waals surface area contributed by atoms with Crippen LogP contribution < -0.4 is 0 Å². The Labute approximate surface area is 157 Å². The molecule has 3 aromatic rings. The normalized spacial score (nSPS) is 12.9. The number of fused-ring (bicyclic) bond motifs is 1. The number of hydrogen-bond donors (Lipinski definition) is 0. The van der Waals surface area contributed by atoms with Crippen molar-refractivity contribution in [2.75, 3.05) is 0 Å². The fourth-order valence-corrected chi connectivity index (χ4v) is 4.38. The first-order valence-electron chi connectivity index (χ1n) is 9.41. The molecule has 0 saturated carbocycles. The Balaban J connectivity index is 1.93. The molecule has 0 amide bonds. The molecule has 1 aliphatic carbocycles. The highest BCUT2D eigenvalue weighted by atomic mass is 14.2. The Bertz CT molecular complexity index is 1010. The molecule has 0 aromatic heterocycles. The average Bonchev–Trinajstić information content (AvgIpc) is 2.93. The molecule has 1 aliphatic rings. The van der Waals surface area contributed by atoms with E-state index in [9.17, 15) is 0 Å². The highest BCUT2D eigenvalue weighted by molar-refractivity contribution is 5.87. The SMILES string of the molecule is CC1=Cc2c(-c3cc(C)cc(C)c3)ccc(-c3cc(C)cc(C)c3)c2C1. The summed E-state index contributed by atoms with van der Waals surface area (Å²) in [5.74, 6) is 0. The van der Waals surface area contributed by atoms with E-state index < -0.39 is 0 Å². The van der Waals surface area contributed by atoms with Gasteiger partial charge in [-0.15, -0.1) is 0 Å². The van der Waals surface area contributed by atoms with Crippen molar-refractivity contribution in [3.63, 3.8) is 0 Å². The lowest BCUT2D eigenvalue weighted by molar-refractivity contribution is 1.19. The first-order valence-corrected chi connectivity index (χ1v) is 9.41. The second kappa shape index (κ2) is 6.29. The van der Waals surface area contributed by atoms with Gasteiger partial charge in [-0.25, -0.2) is 0 Å². The molecule has 0 bridgehead atoms. The van der Waals surface area contributed by atoms with Gasteiger partial charge in [0.05, 0.1) is 0 Å². The summed E-state index contributed by atoms with van der Waals surface area (Å²) in [7, 11) is 0. The maximum absolute atomic E-state index is 2.38. The summed E-state index contributed by atoms with van der Waals surface area (Å²) >= 11 is 0. The van der Waals surface area contributed by atoms with Crippen LogP contribution in [0.25, 0.3) is 28.3 Å². The standard InChI is InChI=1S/C26H26/c1-16-8-17(2)11-21(10-16)23-6-7-24(26-15-20(5)14-25(23)26)22-12-18(3)9-19(4)13-22/h6-14H,15H2,1-5H3. The molecule has 0 N–H and O–H groups in total. The van der Waals surface area contributed by atoms with Gasteiger partial charge in [-0.3, -0.25) is 0 Å². The fourth-order valence-electron chi connectivity index (χ4n) is 4.38. The van der Waals surface area contributed by atoms with E-state index >= 15 is 0 Å². The molecule has 26 heavy (non-hydrogen) atoms. The molecular formula is C26H26. The molecule has 0 aliphatic heterocycles. The van der Waals surface area contributed by atoms with Gasteiger partial charge < -0.3 is 0 Å². The molecule has 0 radical (unpaired) electrons. The van der Waals surface area contributed by atoms with Gasteiger partial charge >= 0.3 is 0 Å². The summed E-state index contributed by atoms with van der Waals surface area (Å²) in [6, 6.07) is 18.4. The number of allylic oxidation sites excluding steroid dienone is 1. The quantitative estimate of drug-likeness (QED) is 0.463. The van der Waals surface area contributed by atoms with Crippen LogP contribution in [0.5, 0.6) is 0 Å². The monoisotopic (exact) mass is 338 g/mol. The van der Waals surface area contributed by atoms with Gasteiger partial charge in [-0.05, 0) is 74.4 Å². The van der Waals surface area contributed by atoms with Crippen LogP contribution in [0.4, 0.5) is 0 Å². The lowest BCUT2D eigenvalue weighted by Crippen LogP contribution is -1.94. The van der Waals surface area contributed by atoms with Gasteiger partial charge in [0.15, 0.2) is 0 Å². The van der Waals surface area contributed by atoms with Crippen LogP contribution in [0.2, 0.25) is 0 Å². The van der Waals surface area contributed by atoms with Crippen LogP contribution in [0.15, 0.2) is 54.1 Å². The summed E-state index contributed by atoms with van der Waals surface area (Å²) in [4.78, 5) is 0. The Morgan fingerprint density at radius 1 is 0.577 bits per heavy atom. The highest BCUT2D eigenvalue weighted by Crippen LogP contribution is 2.40. The van der Waals surface area contributed by atoms with Crippen LogP contribution >= 0.6 is 0 Å². The van der Waals surface area contributed by atoms with E-state index in [2.05, 4.69) is 89.2 Å². The second-order valence-corrected chi connectivity index (χ2v) is 7.97. The minimum absolute atomic E-state index is 1.05. The fraction of sp³-hybridized carbons (Fsp3) is 0.231. The Morgan fingerprint density at radius 2 is 1.04 bits per heavy atom. The first kappa shape index (κ1) is 16.8. The van der Waals surface area contributed by atoms with Crippen LogP contribution in [0, 0.1) is 27.7 Å². The third-order valence-electron chi connectivity index (χ3n) is 5.27. The van der Waals surface area contributed by atoms with Gasteiger partial charge in [-0.1, -0.05) is 82.4 Å². The molecule has 0 saturated heterocycles. The predicted octanol–water partition coefficient (Wildman–Crippen LogP) is 7.21. The highest BCUT2D eigenvalue weighted by Gasteiger charge is 2.19. The molecule has 0 heteroatoms. The van der Waals surface area contributed by atoms with Gasteiger partial charge in [-0.2, -0.15) is 0 Å². The van der Waals surface area contributed by atoms with E-state index in [1.807, 2.05) is 0 Å². The Kier molecular flexibility index (Phi) is 4.07. The third-order valence-corrected chi connectivity index (χ3v) is 5.27. The van der Waals surface area contributed by atoms with Gasteiger partial charge in [0.1, 0.15) is 0 Å². The van der Waals surface area contributed by atoms with Crippen LogP contribution in [0.3, 0.4) is 0 Å². The number of rotatable bonds is 2.